The number of benzene rings is 2. The minimum Gasteiger partial charge on any atom is -0.309 e. The van der Waals surface area contributed by atoms with Crippen LogP contribution >= 0.6 is 49.9 Å². The number of thiophene rings is 1. The summed E-state index contributed by atoms with van der Waals surface area (Å²) in [6.45, 7) is 0. The summed E-state index contributed by atoms with van der Waals surface area (Å²) in [5.74, 6) is 0. The third-order valence-electron chi connectivity index (χ3n) is 3.38. The molecule has 0 saturated carbocycles. The number of hydrogen-bond acceptors (Lipinski definition) is 2. The molecule has 0 amide bonds. The highest BCUT2D eigenvalue weighted by molar-refractivity contribution is 14.1. The Hall–Kier alpha value is -0.430. The van der Waals surface area contributed by atoms with E-state index in [9.17, 15) is 0 Å². The molecule has 4 heteroatoms. The van der Waals surface area contributed by atoms with Gasteiger partial charge in [0.05, 0.1) is 6.04 Å². The maximum absolute atomic E-state index is 3.58. The third-order valence-corrected chi connectivity index (χ3v) is 5.84. The molecule has 0 aliphatic carbocycles. The fourth-order valence-electron chi connectivity index (χ4n) is 2.44. The molecule has 1 aromatic heterocycles. The lowest BCUT2D eigenvalue weighted by molar-refractivity contribution is 0.695. The van der Waals surface area contributed by atoms with Crippen LogP contribution in [0.3, 0.4) is 0 Å². The number of nitrogens with one attached hydrogen (secondary N) is 1. The standard InChI is InChI=1S/C16H13BrINS/c1-19-16(12-8-10(17)6-7-14(12)18)13-9-20-15-5-3-2-4-11(13)15/h2-9,16,19H,1H3. The van der Waals surface area contributed by atoms with E-state index < -0.39 is 0 Å². The van der Waals surface area contributed by atoms with E-state index in [1.807, 2.05) is 18.4 Å². The molecule has 3 rings (SSSR count). The Balaban J connectivity index is 2.16. The minimum absolute atomic E-state index is 0.218. The summed E-state index contributed by atoms with van der Waals surface area (Å²) in [5, 5.41) is 7.07. The zero-order valence-corrected chi connectivity index (χ0v) is 15.4. The lowest BCUT2D eigenvalue weighted by Crippen LogP contribution is -2.18. The Morgan fingerprint density at radius 2 is 1.95 bits per heavy atom. The van der Waals surface area contributed by atoms with Gasteiger partial charge in [-0.1, -0.05) is 34.1 Å². The van der Waals surface area contributed by atoms with Crippen LogP contribution in [0.1, 0.15) is 17.2 Å². The first-order valence-corrected chi connectivity index (χ1v) is 9.04. The van der Waals surface area contributed by atoms with Crippen molar-refractivity contribution >= 4 is 59.9 Å². The molecule has 0 aliphatic rings. The number of hydrogen-bond donors (Lipinski definition) is 1. The Morgan fingerprint density at radius 1 is 1.15 bits per heavy atom. The van der Waals surface area contributed by atoms with Gasteiger partial charge >= 0.3 is 0 Å². The van der Waals surface area contributed by atoms with Gasteiger partial charge in [0, 0.05) is 12.7 Å². The largest absolute Gasteiger partial charge is 0.309 e. The summed E-state index contributed by atoms with van der Waals surface area (Å²) in [7, 11) is 2.02. The minimum atomic E-state index is 0.218. The molecule has 2 aromatic carbocycles. The molecule has 0 aliphatic heterocycles. The van der Waals surface area contributed by atoms with Gasteiger partial charge in [0.15, 0.2) is 0 Å². The van der Waals surface area contributed by atoms with Gasteiger partial charge in [-0.3, -0.25) is 0 Å². The molecule has 102 valence electrons. The van der Waals surface area contributed by atoms with Crippen LogP contribution in [0.15, 0.2) is 52.3 Å². The third kappa shape index (κ3) is 2.66. The van der Waals surface area contributed by atoms with Crippen LogP contribution in [0.25, 0.3) is 10.1 Å². The lowest BCUT2D eigenvalue weighted by Gasteiger charge is -2.18. The molecule has 0 bridgehead atoms. The predicted octanol–water partition coefficient (Wildman–Crippen LogP) is 5.58. The van der Waals surface area contributed by atoms with Gasteiger partial charge in [0.2, 0.25) is 0 Å². The SMILES string of the molecule is CNC(c1cc(Br)ccc1I)c1csc2ccccc12. The Morgan fingerprint density at radius 3 is 2.75 bits per heavy atom. The molecule has 0 fully saturated rings. The fraction of sp³-hybridized carbons (Fsp3) is 0.125. The summed E-state index contributed by atoms with van der Waals surface area (Å²) in [5.41, 5.74) is 2.66. The van der Waals surface area contributed by atoms with Gasteiger partial charge < -0.3 is 5.32 Å². The molecule has 1 nitrogen and oxygen atoms in total. The predicted molar refractivity (Wildman–Crippen MR) is 99.6 cm³/mol. The smallest absolute Gasteiger partial charge is 0.0599 e. The van der Waals surface area contributed by atoms with Crippen LogP contribution in [-0.2, 0) is 0 Å². The molecule has 0 spiro atoms. The van der Waals surface area contributed by atoms with Gasteiger partial charge in [-0.15, -0.1) is 11.3 Å². The van der Waals surface area contributed by atoms with Crippen molar-refractivity contribution in [3.63, 3.8) is 0 Å². The van der Waals surface area contributed by atoms with Crippen LogP contribution < -0.4 is 5.32 Å². The first kappa shape index (κ1) is 14.5. The maximum Gasteiger partial charge on any atom is 0.0599 e. The first-order chi connectivity index (χ1) is 9.70. The monoisotopic (exact) mass is 457 g/mol. The molecular formula is C16H13BrINS. The van der Waals surface area contributed by atoms with Crippen molar-refractivity contribution < 1.29 is 0 Å². The van der Waals surface area contributed by atoms with E-state index in [0.29, 0.717) is 0 Å². The van der Waals surface area contributed by atoms with E-state index in [4.69, 9.17) is 0 Å². The number of rotatable bonds is 3. The topological polar surface area (TPSA) is 12.0 Å². The van der Waals surface area contributed by atoms with Crippen molar-refractivity contribution in [2.75, 3.05) is 7.05 Å². The van der Waals surface area contributed by atoms with E-state index in [2.05, 4.69) is 91.7 Å². The van der Waals surface area contributed by atoms with E-state index in [0.717, 1.165) is 4.47 Å². The highest BCUT2D eigenvalue weighted by Crippen LogP contribution is 2.35. The second kappa shape index (κ2) is 6.13. The highest BCUT2D eigenvalue weighted by Gasteiger charge is 2.18. The van der Waals surface area contributed by atoms with Crippen LogP contribution in [0, 0.1) is 3.57 Å². The molecule has 0 radical (unpaired) electrons. The zero-order valence-electron chi connectivity index (χ0n) is 10.9. The molecule has 1 unspecified atom stereocenters. The summed E-state index contributed by atoms with van der Waals surface area (Å²) in [4.78, 5) is 0. The quantitative estimate of drug-likeness (QED) is 0.506. The molecule has 1 atom stereocenters. The Kier molecular flexibility index (Phi) is 4.45. The van der Waals surface area contributed by atoms with Crippen molar-refractivity contribution in [2.24, 2.45) is 0 Å². The second-order valence-electron chi connectivity index (χ2n) is 4.57. The summed E-state index contributed by atoms with van der Waals surface area (Å²) >= 11 is 7.79. The van der Waals surface area contributed by atoms with Crippen LogP contribution in [0.5, 0.6) is 0 Å². The lowest BCUT2D eigenvalue weighted by atomic mass is 9.98. The van der Waals surface area contributed by atoms with Crippen molar-refractivity contribution in [1.82, 2.24) is 5.32 Å². The highest BCUT2D eigenvalue weighted by atomic mass is 127. The summed E-state index contributed by atoms with van der Waals surface area (Å²) in [6, 6.07) is 15.3. The van der Waals surface area contributed by atoms with E-state index >= 15 is 0 Å². The van der Waals surface area contributed by atoms with Gasteiger partial charge in [0.1, 0.15) is 0 Å². The first-order valence-electron chi connectivity index (χ1n) is 6.29. The number of halogens is 2. The molecule has 0 saturated heterocycles. The van der Waals surface area contributed by atoms with E-state index in [1.54, 1.807) is 0 Å². The van der Waals surface area contributed by atoms with Gasteiger partial charge in [-0.25, -0.2) is 0 Å². The molecule has 20 heavy (non-hydrogen) atoms. The maximum atomic E-state index is 3.58. The van der Waals surface area contributed by atoms with Gasteiger partial charge in [-0.2, -0.15) is 0 Å². The zero-order chi connectivity index (χ0) is 14.1. The van der Waals surface area contributed by atoms with Crippen LogP contribution in [-0.4, -0.2) is 7.05 Å². The Labute approximate surface area is 144 Å². The normalized spacial score (nSPS) is 12.8. The fourth-order valence-corrected chi connectivity index (χ4v) is 4.45. The van der Waals surface area contributed by atoms with Crippen molar-refractivity contribution in [3.8, 4) is 0 Å². The van der Waals surface area contributed by atoms with Crippen molar-refractivity contribution in [1.29, 1.82) is 0 Å². The molecule has 1 N–H and O–H groups in total. The van der Waals surface area contributed by atoms with Crippen LogP contribution in [0.4, 0.5) is 0 Å². The molecular weight excluding hydrogens is 445 g/mol. The summed E-state index contributed by atoms with van der Waals surface area (Å²) in [6.07, 6.45) is 0. The average Bonchev–Trinajstić information content (AvgIpc) is 2.88. The van der Waals surface area contributed by atoms with Crippen LogP contribution in [0.2, 0.25) is 0 Å². The van der Waals surface area contributed by atoms with Crippen molar-refractivity contribution in [2.45, 2.75) is 6.04 Å². The molecule has 1 heterocycles. The van der Waals surface area contributed by atoms with E-state index in [-0.39, 0.29) is 6.04 Å². The van der Waals surface area contributed by atoms with E-state index in [1.165, 1.54) is 24.8 Å². The summed E-state index contributed by atoms with van der Waals surface area (Å²) < 4.78 is 3.74. The second-order valence-corrected chi connectivity index (χ2v) is 7.56. The Bertz CT molecular complexity index is 753. The van der Waals surface area contributed by atoms with Crippen molar-refractivity contribution in [3.05, 3.63) is 67.0 Å². The number of fused-ring (bicyclic) bond motifs is 1. The van der Waals surface area contributed by atoms with Gasteiger partial charge in [0.25, 0.3) is 0 Å². The molecule has 3 aromatic rings. The van der Waals surface area contributed by atoms with Gasteiger partial charge in [-0.05, 0) is 75.8 Å². The average molecular weight is 458 g/mol.